The predicted octanol–water partition coefficient (Wildman–Crippen LogP) is 6.83. The highest BCUT2D eigenvalue weighted by molar-refractivity contribution is 6.20. The molecule has 144 valence electrons. The third-order valence-corrected chi connectivity index (χ3v) is 6.34. The van der Waals surface area contributed by atoms with Gasteiger partial charge in [-0.2, -0.15) is 0 Å². The van der Waals surface area contributed by atoms with Gasteiger partial charge in [-0.15, -0.1) is 0 Å². The number of rotatable bonds is 0. The first-order chi connectivity index (χ1) is 15.3. The Balaban J connectivity index is 1.59. The molecule has 3 aromatic carbocycles. The van der Waals surface area contributed by atoms with Gasteiger partial charge in [0.25, 0.3) is 0 Å². The van der Waals surface area contributed by atoms with Crippen molar-refractivity contribution < 1.29 is 8.83 Å². The van der Waals surface area contributed by atoms with Crippen LogP contribution in [0.15, 0.2) is 88.2 Å². The molecule has 0 unspecified atom stereocenters. The summed E-state index contributed by atoms with van der Waals surface area (Å²) in [6.45, 7) is 0. The van der Waals surface area contributed by atoms with Crippen LogP contribution in [0.5, 0.6) is 0 Å². The smallest absolute Gasteiger partial charge is 0.146 e. The molecule has 5 nitrogen and oxygen atoms in total. The van der Waals surface area contributed by atoms with E-state index in [-0.39, 0.29) is 0 Å². The number of pyridine rings is 2. The van der Waals surface area contributed by atoms with Crippen LogP contribution in [0.25, 0.3) is 71.2 Å². The van der Waals surface area contributed by atoms with Gasteiger partial charge in [-0.25, -0.2) is 4.98 Å². The van der Waals surface area contributed by atoms with Crippen LogP contribution in [-0.4, -0.2) is 14.4 Å². The highest BCUT2D eigenvalue weighted by atomic mass is 16.3. The number of nitrogens with zero attached hydrogens (tertiary/aromatic N) is 3. The van der Waals surface area contributed by atoms with Gasteiger partial charge >= 0.3 is 0 Å². The van der Waals surface area contributed by atoms with Gasteiger partial charge in [0, 0.05) is 63.2 Å². The molecule has 8 aromatic rings. The maximum absolute atomic E-state index is 6.31. The number of hydrogen-bond donors (Lipinski definition) is 0. The maximum Gasteiger partial charge on any atom is 0.146 e. The van der Waals surface area contributed by atoms with E-state index >= 15 is 0 Å². The fourth-order valence-electron chi connectivity index (χ4n) is 4.95. The Hall–Kier alpha value is -4.38. The minimum Gasteiger partial charge on any atom is -0.456 e. The second-order valence-electron chi connectivity index (χ2n) is 7.95. The van der Waals surface area contributed by atoms with Gasteiger partial charge in [-0.05, 0) is 35.7 Å². The Morgan fingerprint density at radius 1 is 0.613 bits per heavy atom. The zero-order chi connectivity index (χ0) is 20.1. The zero-order valence-electron chi connectivity index (χ0n) is 16.2. The number of furan rings is 2. The summed E-state index contributed by atoms with van der Waals surface area (Å²) in [4.78, 5) is 8.89. The number of imidazole rings is 1. The van der Waals surface area contributed by atoms with Crippen LogP contribution in [0.3, 0.4) is 0 Å². The number of aromatic nitrogens is 3. The lowest BCUT2D eigenvalue weighted by Gasteiger charge is -2.07. The molecule has 0 aliphatic carbocycles. The van der Waals surface area contributed by atoms with Crippen molar-refractivity contribution in [1.29, 1.82) is 0 Å². The van der Waals surface area contributed by atoms with Crippen LogP contribution in [0, 0.1) is 0 Å². The molecule has 0 aliphatic heterocycles. The summed E-state index contributed by atoms with van der Waals surface area (Å²) >= 11 is 0. The third-order valence-electron chi connectivity index (χ3n) is 6.34. The van der Waals surface area contributed by atoms with Gasteiger partial charge in [0.1, 0.15) is 28.0 Å². The molecule has 5 heterocycles. The van der Waals surface area contributed by atoms with Crippen molar-refractivity contribution in [3.05, 3.63) is 79.4 Å². The molecule has 0 fully saturated rings. The van der Waals surface area contributed by atoms with Crippen molar-refractivity contribution >= 4 is 71.2 Å². The lowest BCUT2D eigenvalue weighted by atomic mass is 10.0. The van der Waals surface area contributed by atoms with Crippen LogP contribution in [0.2, 0.25) is 0 Å². The van der Waals surface area contributed by atoms with Gasteiger partial charge in [0.2, 0.25) is 0 Å². The molecule has 0 atom stereocenters. The van der Waals surface area contributed by atoms with Gasteiger partial charge in [0.15, 0.2) is 0 Å². The number of para-hydroxylation sites is 1. The molecule has 0 bridgehead atoms. The van der Waals surface area contributed by atoms with Crippen molar-refractivity contribution in [2.24, 2.45) is 0 Å². The summed E-state index contributed by atoms with van der Waals surface area (Å²) < 4.78 is 14.5. The molecule has 0 saturated heterocycles. The molecule has 0 radical (unpaired) electrons. The van der Waals surface area contributed by atoms with Crippen LogP contribution < -0.4 is 0 Å². The number of fused-ring (bicyclic) bond motifs is 12. The van der Waals surface area contributed by atoms with E-state index < -0.39 is 0 Å². The second-order valence-corrected chi connectivity index (χ2v) is 7.95. The largest absolute Gasteiger partial charge is 0.456 e. The highest BCUT2D eigenvalue weighted by Gasteiger charge is 2.16. The molecular weight excluding hydrogens is 386 g/mol. The Labute approximate surface area is 174 Å². The molecule has 0 spiro atoms. The highest BCUT2D eigenvalue weighted by Crippen LogP contribution is 2.39. The number of benzene rings is 3. The fraction of sp³-hybridized carbons (Fsp3) is 0. The van der Waals surface area contributed by atoms with E-state index in [1.807, 2.05) is 55.1 Å². The van der Waals surface area contributed by atoms with Crippen LogP contribution in [0.1, 0.15) is 0 Å². The van der Waals surface area contributed by atoms with Gasteiger partial charge in [0.05, 0.1) is 5.52 Å². The monoisotopic (exact) mass is 399 g/mol. The quantitative estimate of drug-likeness (QED) is 0.262. The number of hydrogen-bond acceptors (Lipinski definition) is 4. The standard InChI is InChI=1S/C26H13N3O2/c1-2-4-22-15(3-1)17-9-18-19-10-21-16(11-23(19)31-25(18)12-24(17)30-22)14-5-6-27-13-20(14)26-28-7-8-29(21)26/h1-13H. The van der Waals surface area contributed by atoms with E-state index in [0.717, 1.165) is 71.2 Å². The Morgan fingerprint density at radius 2 is 1.42 bits per heavy atom. The fourth-order valence-corrected chi connectivity index (χ4v) is 4.95. The second kappa shape index (κ2) is 5.21. The molecule has 0 saturated carbocycles. The van der Waals surface area contributed by atoms with E-state index in [1.54, 1.807) is 0 Å². The first-order valence-corrected chi connectivity index (χ1v) is 10.2. The molecular formula is C26H13N3O2. The molecule has 0 amide bonds. The van der Waals surface area contributed by atoms with E-state index in [0.29, 0.717) is 0 Å². The lowest BCUT2D eigenvalue weighted by molar-refractivity contribution is 0.656. The Kier molecular flexibility index (Phi) is 2.60. The average molecular weight is 399 g/mol. The Bertz CT molecular complexity index is 2010. The maximum atomic E-state index is 6.31. The summed E-state index contributed by atoms with van der Waals surface area (Å²) in [6.07, 6.45) is 7.53. The molecule has 5 heteroatoms. The van der Waals surface area contributed by atoms with Crippen molar-refractivity contribution in [1.82, 2.24) is 14.4 Å². The van der Waals surface area contributed by atoms with Crippen LogP contribution in [0.4, 0.5) is 0 Å². The summed E-state index contributed by atoms with van der Waals surface area (Å²) in [5.74, 6) is 0. The molecule has 0 aliphatic rings. The van der Waals surface area contributed by atoms with E-state index in [1.165, 1.54) is 0 Å². The molecule has 0 N–H and O–H groups in total. The van der Waals surface area contributed by atoms with Crippen molar-refractivity contribution in [3.63, 3.8) is 0 Å². The first-order valence-electron chi connectivity index (χ1n) is 10.2. The zero-order valence-corrected chi connectivity index (χ0v) is 16.2. The van der Waals surface area contributed by atoms with Gasteiger partial charge < -0.3 is 8.83 Å². The SMILES string of the molecule is c1ccc2c(c1)oc1cc3oc4cc5c6ccncc6c6nccn6c5cc4c3cc12. The predicted molar refractivity (Wildman–Crippen MR) is 123 cm³/mol. The topological polar surface area (TPSA) is 56.5 Å². The minimum atomic E-state index is 0.824. The van der Waals surface area contributed by atoms with Gasteiger partial charge in [-0.3, -0.25) is 9.38 Å². The third kappa shape index (κ3) is 1.86. The molecule has 5 aromatic heterocycles. The van der Waals surface area contributed by atoms with Gasteiger partial charge in [-0.1, -0.05) is 18.2 Å². The molecule has 31 heavy (non-hydrogen) atoms. The first kappa shape index (κ1) is 15.5. The summed E-state index contributed by atoms with van der Waals surface area (Å²) in [6, 6.07) is 18.7. The van der Waals surface area contributed by atoms with Crippen LogP contribution >= 0.6 is 0 Å². The van der Waals surface area contributed by atoms with Crippen LogP contribution in [-0.2, 0) is 0 Å². The summed E-state index contributed by atoms with van der Waals surface area (Å²) in [5.41, 5.74) is 5.41. The summed E-state index contributed by atoms with van der Waals surface area (Å²) in [7, 11) is 0. The van der Waals surface area contributed by atoms with E-state index in [9.17, 15) is 0 Å². The average Bonchev–Trinajstić information content (AvgIpc) is 3.51. The van der Waals surface area contributed by atoms with E-state index in [4.69, 9.17) is 8.83 Å². The van der Waals surface area contributed by atoms with E-state index in [2.05, 4.69) is 38.6 Å². The van der Waals surface area contributed by atoms with Crippen molar-refractivity contribution in [3.8, 4) is 0 Å². The van der Waals surface area contributed by atoms with Crippen molar-refractivity contribution in [2.45, 2.75) is 0 Å². The Morgan fingerprint density at radius 3 is 2.39 bits per heavy atom. The summed E-state index contributed by atoms with van der Waals surface area (Å²) in [5, 5.41) is 7.64. The molecule has 8 rings (SSSR count). The lowest BCUT2D eigenvalue weighted by Crippen LogP contribution is -1.91. The normalized spacial score (nSPS) is 12.5. The van der Waals surface area contributed by atoms with Crippen molar-refractivity contribution in [2.75, 3.05) is 0 Å². The minimum absolute atomic E-state index is 0.824.